The number of hydrogen-bond acceptors (Lipinski definition) is 4. The third-order valence-electron chi connectivity index (χ3n) is 2.70. The Morgan fingerprint density at radius 3 is 2.29 bits per heavy atom. The van der Waals surface area contributed by atoms with Gasteiger partial charge in [0.15, 0.2) is 0 Å². The van der Waals surface area contributed by atoms with E-state index in [4.69, 9.17) is 14.6 Å². The predicted molar refractivity (Wildman–Crippen MR) is 77.6 cm³/mol. The first-order valence-corrected chi connectivity index (χ1v) is 6.90. The van der Waals surface area contributed by atoms with E-state index in [0.29, 0.717) is 25.4 Å². The van der Waals surface area contributed by atoms with Crippen LogP contribution in [0.15, 0.2) is 24.3 Å². The highest BCUT2D eigenvalue weighted by Crippen LogP contribution is 2.17. The topological polar surface area (TPSA) is 84.9 Å². The Hall–Kier alpha value is -2.24. The second kappa shape index (κ2) is 8.84. The summed E-state index contributed by atoms with van der Waals surface area (Å²) in [5.74, 6) is 0.152. The molecule has 1 rings (SSSR count). The van der Waals surface area contributed by atoms with E-state index >= 15 is 0 Å². The minimum Gasteiger partial charge on any atom is -0.494 e. The van der Waals surface area contributed by atoms with E-state index in [1.807, 2.05) is 19.1 Å². The molecule has 0 unspecified atom stereocenters. The van der Waals surface area contributed by atoms with Crippen molar-refractivity contribution in [2.24, 2.45) is 0 Å². The van der Waals surface area contributed by atoms with Gasteiger partial charge in [-0.1, -0.05) is 0 Å². The van der Waals surface area contributed by atoms with Crippen LogP contribution in [0.5, 0.6) is 11.5 Å². The lowest BCUT2D eigenvalue weighted by molar-refractivity contribution is -0.141. The lowest BCUT2D eigenvalue weighted by Crippen LogP contribution is -2.38. The molecule has 1 aromatic carbocycles. The van der Waals surface area contributed by atoms with Crippen molar-refractivity contribution < 1.29 is 24.2 Å². The molecule has 0 aliphatic rings. The van der Waals surface area contributed by atoms with Crippen LogP contribution in [0, 0.1) is 0 Å². The first-order valence-electron chi connectivity index (χ1n) is 6.90. The average molecular weight is 295 g/mol. The van der Waals surface area contributed by atoms with Crippen molar-refractivity contribution in [2.75, 3.05) is 13.2 Å². The Morgan fingerprint density at radius 2 is 1.76 bits per heavy atom. The summed E-state index contributed by atoms with van der Waals surface area (Å²) in [6, 6.07) is 6.37. The van der Waals surface area contributed by atoms with E-state index in [1.54, 1.807) is 12.1 Å². The van der Waals surface area contributed by atoms with Gasteiger partial charge in [-0.3, -0.25) is 9.59 Å². The van der Waals surface area contributed by atoms with E-state index in [0.717, 1.165) is 5.75 Å². The van der Waals surface area contributed by atoms with Gasteiger partial charge < -0.3 is 19.9 Å². The lowest BCUT2D eigenvalue weighted by atomic mass is 10.2. The zero-order chi connectivity index (χ0) is 15.7. The molecule has 0 radical (unpaired) electrons. The minimum atomic E-state index is -1.05. The first kappa shape index (κ1) is 16.8. The molecule has 0 saturated carbocycles. The lowest BCUT2D eigenvalue weighted by Gasteiger charge is -2.10. The highest BCUT2D eigenvalue weighted by atomic mass is 16.5. The highest BCUT2D eigenvalue weighted by molar-refractivity contribution is 5.83. The maximum Gasteiger partial charge on any atom is 0.325 e. The van der Waals surface area contributed by atoms with E-state index in [1.165, 1.54) is 6.92 Å². The SMILES string of the molecule is CCOc1ccc(OCCCC(=O)N[C@H](C)C(=O)O)cc1. The van der Waals surface area contributed by atoms with Gasteiger partial charge in [0.1, 0.15) is 17.5 Å². The van der Waals surface area contributed by atoms with E-state index < -0.39 is 12.0 Å². The number of hydrogen-bond donors (Lipinski definition) is 2. The smallest absolute Gasteiger partial charge is 0.325 e. The third-order valence-corrected chi connectivity index (χ3v) is 2.70. The van der Waals surface area contributed by atoms with Crippen molar-refractivity contribution >= 4 is 11.9 Å². The molecule has 0 aliphatic heterocycles. The van der Waals surface area contributed by atoms with Crippen LogP contribution in [0.3, 0.4) is 0 Å². The van der Waals surface area contributed by atoms with Gasteiger partial charge in [0.05, 0.1) is 13.2 Å². The molecule has 6 nitrogen and oxygen atoms in total. The average Bonchev–Trinajstić information content (AvgIpc) is 2.45. The monoisotopic (exact) mass is 295 g/mol. The summed E-state index contributed by atoms with van der Waals surface area (Å²) in [5, 5.41) is 11.1. The molecule has 0 aliphatic carbocycles. The van der Waals surface area contributed by atoms with Gasteiger partial charge in [-0.05, 0) is 44.5 Å². The molecule has 2 N–H and O–H groups in total. The maximum absolute atomic E-state index is 11.4. The summed E-state index contributed by atoms with van der Waals surface area (Å²) in [6.07, 6.45) is 0.750. The molecular formula is C15H21NO5. The molecule has 0 bridgehead atoms. The second-order valence-electron chi connectivity index (χ2n) is 4.48. The molecule has 6 heteroatoms. The normalized spacial score (nSPS) is 11.5. The predicted octanol–water partition coefficient (Wildman–Crippen LogP) is 1.83. The second-order valence-corrected chi connectivity index (χ2v) is 4.48. The fourth-order valence-corrected chi connectivity index (χ4v) is 1.60. The van der Waals surface area contributed by atoms with Crippen molar-refractivity contribution in [1.82, 2.24) is 5.32 Å². The Balaban J connectivity index is 2.21. The molecule has 1 atom stereocenters. The fourth-order valence-electron chi connectivity index (χ4n) is 1.60. The van der Waals surface area contributed by atoms with E-state index in [-0.39, 0.29) is 12.3 Å². The van der Waals surface area contributed by atoms with Crippen molar-refractivity contribution in [3.05, 3.63) is 24.3 Å². The van der Waals surface area contributed by atoms with Crippen molar-refractivity contribution in [3.8, 4) is 11.5 Å². The van der Waals surface area contributed by atoms with Crippen LogP contribution in [-0.2, 0) is 9.59 Å². The zero-order valence-corrected chi connectivity index (χ0v) is 12.3. The number of nitrogens with one attached hydrogen (secondary N) is 1. The van der Waals surface area contributed by atoms with Gasteiger partial charge in [-0.2, -0.15) is 0 Å². The molecule has 1 aromatic rings. The molecular weight excluding hydrogens is 274 g/mol. The van der Waals surface area contributed by atoms with Crippen molar-refractivity contribution in [2.45, 2.75) is 32.7 Å². The van der Waals surface area contributed by atoms with Crippen molar-refractivity contribution in [1.29, 1.82) is 0 Å². The van der Waals surface area contributed by atoms with Crippen LogP contribution in [0.1, 0.15) is 26.7 Å². The van der Waals surface area contributed by atoms with E-state index in [9.17, 15) is 9.59 Å². The Morgan fingerprint density at radius 1 is 1.19 bits per heavy atom. The van der Waals surface area contributed by atoms with Gasteiger partial charge in [-0.25, -0.2) is 0 Å². The number of carbonyl (C=O) groups excluding carboxylic acids is 1. The summed E-state index contributed by atoms with van der Waals surface area (Å²) in [7, 11) is 0. The standard InChI is InChI=1S/C15H21NO5/c1-3-20-12-6-8-13(9-7-12)21-10-4-5-14(17)16-11(2)15(18)19/h6-9,11H,3-5,10H2,1-2H3,(H,16,17)(H,18,19)/t11-/m1/s1. The summed E-state index contributed by atoms with van der Waals surface area (Å²) in [6.45, 7) is 4.35. The Bertz CT molecular complexity index is 458. The molecule has 21 heavy (non-hydrogen) atoms. The Kier molecular flexibility index (Phi) is 7.08. The first-order chi connectivity index (χ1) is 10.0. The molecule has 0 aromatic heterocycles. The van der Waals surface area contributed by atoms with Crippen LogP contribution in [-0.4, -0.2) is 36.2 Å². The number of carboxylic acid groups (broad SMARTS) is 1. The fraction of sp³-hybridized carbons (Fsp3) is 0.467. The van der Waals surface area contributed by atoms with Crippen LogP contribution in [0.4, 0.5) is 0 Å². The maximum atomic E-state index is 11.4. The van der Waals surface area contributed by atoms with Gasteiger partial charge in [-0.15, -0.1) is 0 Å². The van der Waals surface area contributed by atoms with Gasteiger partial charge in [0.2, 0.25) is 5.91 Å². The van der Waals surface area contributed by atoms with Gasteiger partial charge in [0.25, 0.3) is 0 Å². The summed E-state index contributed by atoms with van der Waals surface area (Å²) in [5.41, 5.74) is 0. The number of ether oxygens (including phenoxy) is 2. The van der Waals surface area contributed by atoms with Crippen molar-refractivity contribution in [3.63, 3.8) is 0 Å². The minimum absolute atomic E-state index is 0.231. The quantitative estimate of drug-likeness (QED) is 0.679. The summed E-state index contributed by atoms with van der Waals surface area (Å²) >= 11 is 0. The van der Waals surface area contributed by atoms with Crippen LogP contribution in [0.25, 0.3) is 0 Å². The molecule has 0 fully saturated rings. The summed E-state index contributed by atoms with van der Waals surface area (Å²) in [4.78, 5) is 22.0. The number of carboxylic acids is 1. The number of aliphatic carboxylic acids is 1. The largest absolute Gasteiger partial charge is 0.494 e. The number of carbonyl (C=O) groups is 2. The molecule has 116 valence electrons. The van der Waals surface area contributed by atoms with Gasteiger partial charge >= 0.3 is 5.97 Å². The van der Waals surface area contributed by atoms with E-state index in [2.05, 4.69) is 5.32 Å². The Labute approximate surface area is 124 Å². The molecule has 0 spiro atoms. The van der Waals surface area contributed by atoms with Crippen LogP contribution >= 0.6 is 0 Å². The number of benzene rings is 1. The third kappa shape index (κ3) is 6.65. The summed E-state index contributed by atoms with van der Waals surface area (Å²) < 4.78 is 10.8. The molecule has 0 heterocycles. The van der Waals surface area contributed by atoms with Crippen LogP contribution in [0.2, 0.25) is 0 Å². The van der Waals surface area contributed by atoms with Gasteiger partial charge in [0, 0.05) is 6.42 Å². The number of rotatable bonds is 9. The van der Waals surface area contributed by atoms with Crippen LogP contribution < -0.4 is 14.8 Å². The zero-order valence-electron chi connectivity index (χ0n) is 12.3. The number of amides is 1. The molecule has 0 saturated heterocycles. The molecule has 1 amide bonds. The highest BCUT2D eigenvalue weighted by Gasteiger charge is 2.13.